The molecule has 1 fully saturated rings. The van der Waals surface area contributed by atoms with Crippen molar-refractivity contribution >= 4 is 11.3 Å². The first kappa shape index (κ1) is 14.9. The van der Waals surface area contributed by atoms with Gasteiger partial charge in [-0.2, -0.15) is 0 Å². The molecule has 0 unspecified atom stereocenters. The number of aromatic nitrogens is 1. The molecular weight excluding hydrogens is 260 g/mol. The first-order valence-electron chi connectivity index (χ1n) is 7.11. The van der Waals surface area contributed by atoms with Crippen LogP contribution in [0.5, 0.6) is 0 Å². The summed E-state index contributed by atoms with van der Waals surface area (Å²) in [7, 11) is 0. The first-order chi connectivity index (χ1) is 9.22. The van der Waals surface area contributed by atoms with Crippen LogP contribution in [-0.2, 0) is 21.6 Å². The number of rotatable bonds is 6. The molecule has 4 nitrogen and oxygen atoms in total. The van der Waals surface area contributed by atoms with E-state index < -0.39 is 0 Å². The average molecular weight is 284 g/mol. The van der Waals surface area contributed by atoms with Crippen LogP contribution in [0.2, 0.25) is 0 Å². The predicted octanol–water partition coefficient (Wildman–Crippen LogP) is 2.60. The number of nitrogens with one attached hydrogen (secondary N) is 1. The number of nitrogens with zero attached hydrogens (tertiary/aromatic N) is 1. The fraction of sp³-hybridized carbons (Fsp3) is 0.786. The van der Waals surface area contributed by atoms with Gasteiger partial charge in [0.15, 0.2) is 0 Å². The van der Waals surface area contributed by atoms with E-state index in [9.17, 15) is 0 Å². The molecule has 0 amide bonds. The second kappa shape index (κ2) is 6.79. The van der Waals surface area contributed by atoms with Crippen LogP contribution >= 0.6 is 11.3 Å². The smallest absolute Gasteiger partial charge is 0.125 e. The lowest BCUT2D eigenvalue weighted by Gasteiger charge is -2.35. The minimum Gasteiger partial charge on any atom is -0.381 e. The van der Waals surface area contributed by atoms with Crippen LogP contribution < -0.4 is 5.32 Å². The number of aryl methyl sites for hydroxylation is 1. The molecule has 1 aromatic heterocycles. The van der Waals surface area contributed by atoms with Crippen molar-refractivity contribution in [3.63, 3.8) is 0 Å². The standard InChI is InChI=1S/C14H24N2O2S/c1-4-15-10-12-11(3)16-13(19-12)14(18-5-2)6-8-17-9-7-14/h15H,4-10H2,1-3H3. The summed E-state index contributed by atoms with van der Waals surface area (Å²) in [6.07, 6.45) is 1.82. The van der Waals surface area contributed by atoms with Crippen LogP contribution in [0.15, 0.2) is 0 Å². The highest BCUT2D eigenvalue weighted by molar-refractivity contribution is 7.11. The Morgan fingerprint density at radius 2 is 2.11 bits per heavy atom. The number of ether oxygens (including phenoxy) is 2. The van der Waals surface area contributed by atoms with Crippen LogP contribution in [0.1, 0.15) is 42.3 Å². The van der Waals surface area contributed by atoms with Crippen molar-refractivity contribution < 1.29 is 9.47 Å². The Morgan fingerprint density at radius 3 is 2.74 bits per heavy atom. The molecule has 1 saturated heterocycles. The van der Waals surface area contributed by atoms with Crippen LogP contribution in [0.25, 0.3) is 0 Å². The number of thiazole rings is 1. The largest absolute Gasteiger partial charge is 0.381 e. The van der Waals surface area contributed by atoms with Gasteiger partial charge in [0.05, 0.1) is 5.69 Å². The molecule has 19 heavy (non-hydrogen) atoms. The van der Waals surface area contributed by atoms with Crippen LogP contribution in [-0.4, -0.2) is 31.3 Å². The van der Waals surface area contributed by atoms with E-state index >= 15 is 0 Å². The second-order valence-electron chi connectivity index (χ2n) is 4.85. The van der Waals surface area contributed by atoms with E-state index in [1.165, 1.54) is 4.88 Å². The van der Waals surface area contributed by atoms with Crippen LogP contribution in [0.3, 0.4) is 0 Å². The summed E-state index contributed by atoms with van der Waals surface area (Å²) in [4.78, 5) is 6.10. The third-order valence-corrected chi connectivity index (χ3v) is 4.88. The molecule has 2 rings (SSSR count). The van der Waals surface area contributed by atoms with E-state index in [4.69, 9.17) is 14.5 Å². The highest BCUT2D eigenvalue weighted by Crippen LogP contribution is 2.39. The summed E-state index contributed by atoms with van der Waals surface area (Å²) < 4.78 is 11.6. The van der Waals surface area contributed by atoms with Gasteiger partial charge in [-0.25, -0.2) is 4.98 Å². The molecule has 0 radical (unpaired) electrons. The van der Waals surface area contributed by atoms with E-state index in [2.05, 4.69) is 26.1 Å². The van der Waals surface area contributed by atoms with Gasteiger partial charge in [-0.3, -0.25) is 0 Å². The molecule has 0 aromatic carbocycles. The maximum atomic E-state index is 6.08. The van der Waals surface area contributed by atoms with Crippen molar-refractivity contribution in [2.75, 3.05) is 26.4 Å². The highest BCUT2D eigenvalue weighted by Gasteiger charge is 2.38. The molecule has 0 aliphatic carbocycles. The molecule has 2 heterocycles. The Labute approximate surface area is 119 Å². The van der Waals surface area contributed by atoms with Gasteiger partial charge in [0.1, 0.15) is 10.6 Å². The van der Waals surface area contributed by atoms with Crippen molar-refractivity contribution in [2.24, 2.45) is 0 Å². The van der Waals surface area contributed by atoms with E-state index in [0.717, 1.165) is 56.5 Å². The third kappa shape index (κ3) is 3.34. The zero-order valence-corrected chi connectivity index (χ0v) is 12.9. The zero-order valence-electron chi connectivity index (χ0n) is 12.1. The lowest BCUT2D eigenvalue weighted by Crippen LogP contribution is -2.36. The Bertz CT molecular complexity index is 395. The fourth-order valence-electron chi connectivity index (χ4n) is 2.42. The Kier molecular flexibility index (Phi) is 5.33. The lowest BCUT2D eigenvalue weighted by molar-refractivity contribution is -0.112. The topological polar surface area (TPSA) is 43.4 Å². The van der Waals surface area contributed by atoms with Gasteiger partial charge in [0, 0.05) is 44.1 Å². The minimum absolute atomic E-state index is 0.215. The molecule has 0 bridgehead atoms. The molecule has 1 aliphatic rings. The quantitative estimate of drug-likeness (QED) is 0.872. The average Bonchev–Trinajstić information content (AvgIpc) is 2.80. The molecule has 1 N–H and O–H groups in total. The van der Waals surface area contributed by atoms with E-state index in [1.807, 2.05) is 0 Å². The summed E-state index contributed by atoms with van der Waals surface area (Å²) in [6.45, 7) is 10.4. The number of hydrogen-bond donors (Lipinski definition) is 1. The predicted molar refractivity (Wildman–Crippen MR) is 77.6 cm³/mol. The zero-order chi connectivity index (χ0) is 13.7. The molecule has 108 valence electrons. The van der Waals surface area contributed by atoms with E-state index in [-0.39, 0.29) is 5.60 Å². The summed E-state index contributed by atoms with van der Waals surface area (Å²) in [5.41, 5.74) is 0.916. The summed E-state index contributed by atoms with van der Waals surface area (Å²) in [5.74, 6) is 0. The van der Waals surface area contributed by atoms with Gasteiger partial charge in [-0.05, 0) is 20.4 Å². The van der Waals surface area contributed by atoms with Crippen molar-refractivity contribution in [1.29, 1.82) is 0 Å². The summed E-state index contributed by atoms with van der Waals surface area (Å²) in [6, 6.07) is 0. The second-order valence-corrected chi connectivity index (χ2v) is 5.93. The molecule has 1 aromatic rings. The normalized spacial score (nSPS) is 18.7. The number of hydrogen-bond acceptors (Lipinski definition) is 5. The van der Waals surface area contributed by atoms with Gasteiger partial charge in [0.2, 0.25) is 0 Å². The van der Waals surface area contributed by atoms with E-state index in [0.29, 0.717) is 0 Å². The lowest BCUT2D eigenvalue weighted by atomic mass is 9.95. The van der Waals surface area contributed by atoms with Crippen LogP contribution in [0.4, 0.5) is 0 Å². The Hall–Kier alpha value is -0.490. The van der Waals surface area contributed by atoms with Gasteiger partial charge in [-0.15, -0.1) is 11.3 Å². The first-order valence-corrected chi connectivity index (χ1v) is 7.92. The Morgan fingerprint density at radius 1 is 1.37 bits per heavy atom. The van der Waals surface area contributed by atoms with Crippen molar-refractivity contribution in [2.45, 2.75) is 45.8 Å². The van der Waals surface area contributed by atoms with Crippen molar-refractivity contribution in [1.82, 2.24) is 10.3 Å². The maximum Gasteiger partial charge on any atom is 0.125 e. The molecular formula is C14H24N2O2S. The third-order valence-electron chi connectivity index (χ3n) is 3.54. The molecule has 0 spiro atoms. The van der Waals surface area contributed by atoms with Crippen LogP contribution in [0, 0.1) is 6.92 Å². The van der Waals surface area contributed by atoms with E-state index in [1.54, 1.807) is 11.3 Å². The maximum absolute atomic E-state index is 6.08. The van der Waals surface area contributed by atoms with Crippen molar-refractivity contribution in [3.05, 3.63) is 15.6 Å². The molecule has 0 saturated carbocycles. The SMILES string of the molecule is CCNCc1sc(C2(OCC)CCOCC2)nc1C. The fourth-order valence-corrected chi connectivity index (χ4v) is 3.66. The summed E-state index contributed by atoms with van der Waals surface area (Å²) >= 11 is 1.79. The Balaban J connectivity index is 2.21. The van der Waals surface area contributed by atoms with Gasteiger partial charge in [-0.1, -0.05) is 6.92 Å². The van der Waals surface area contributed by atoms with Crippen molar-refractivity contribution in [3.8, 4) is 0 Å². The minimum atomic E-state index is -0.215. The molecule has 1 aliphatic heterocycles. The van der Waals surface area contributed by atoms with Gasteiger partial charge >= 0.3 is 0 Å². The summed E-state index contributed by atoms with van der Waals surface area (Å²) in [5, 5.41) is 4.50. The molecule has 5 heteroatoms. The highest BCUT2D eigenvalue weighted by atomic mass is 32.1. The molecule has 0 atom stereocenters. The monoisotopic (exact) mass is 284 g/mol. The van der Waals surface area contributed by atoms with Gasteiger partial charge < -0.3 is 14.8 Å². The van der Waals surface area contributed by atoms with Gasteiger partial charge in [0.25, 0.3) is 0 Å².